The molecule has 0 unspecified atom stereocenters. The molecule has 1 aromatic carbocycles. The van der Waals surface area contributed by atoms with E-state index in [4.69, 9.17) is 0 Å². The van der Waals surface area contributed by atoms with Crippen LogP contribution < -0.4 is 5.32 Å². The Hall–Kier alpha value is -2.09. The number of nitrogens with zero attached hydrogens (tertiary/aromatic N) is 3. The predicted molar refractivity (Wildman–Crippen MR) is 87.8 cm³/mol. The van der Waals surface area contributed by atoms with Crippen LogP contribution in [0.4, 0.5) is 13.2 Å². The lowest BCUT2D eigenvalue weighted by atomic mass is 9.97. The smallest absolute Gasteiger partial charge is 0.352 e. The van der Waals surface area contributed by atoms with Crippen molar-refractivity contribution in [2.24, 2.45) is 7.05 Å². The summed E-state index contributed by atoms with van der Waals surface area (Å²) in [6.45, 7) is 1.63. The maximum atomic E-state index is 13.4. The van der Waals surface area contributed by atoms with Crippen LogP contribution in [-0.2, 0) is 18.4 Å². The summed E-state index contributed by atoms with van der Waals surface area (Å²) >= 11 is 0. The number of likely N-dealkylation sites (tertiary alicyclic amines) is 1. The summed E-state index contributed by atoms with van der Waals surface area (Å²) in [7, 11) is 1.81. The Morgan fingerprint density at radius 1 is 1.32 bits per heavy atom. The molecule has 1 aliphatic rings. The zero-order valence-corrected chi connectivity index (χ0v) is 14.2. The van der Waals surface area contributed by atoms with Gasteiger partial charge in [0.05, 0.1) is 17.6 Å². The molecule has 1 fully saturated rings. The number of hydrogen-bond acceptors (Lipinski definition) is 3. The van der Waals surface area contributed by atoms with Gasteiger partial charge >= 0.3 is 6.18 Å². The topological polar surface area (TPSA) is 50.2 Å². The van der Waals surface area contributed by atoms with Gasteiger partial charge in [-0.3, -0.25) is 9.69 Å². The van der Waals surface area contributed by atoms with Crippen molar-refractivity contribution in [2.75, 3.05) is 6.54 Å². The van der Waals surface area contributed by atoms with E-state index < -0.39 is 12.2 Å². The van der Waals surface area contributed by atoms with Crippen molar-refractivity contribution in [3.8, 4) is 0 Å². The van der Waals surface area contributed by atoms with Crippen LogP contribution in [0.25, 0.3) is 11.0 Å². The average Bonchev–Trinajstić information content (AvgIpc) is 2.82. The highest BCUT2D eigenvalue weighted by Crippen LogP contribution is 2.33. The van der Waals surface area contributed by atoms with Crippen LogP contribution in [0.15, 0.2) is 24.3 Å². The Morgan fingerprint density at radius 2 is 2.04 bits per heavy atom. The van der Waals surface area contributed by atoms with E-state index in [-0.39, 0.29) is 31.5 Å². The van der Waals surface area contributed by atoms with E-state index in [0.29, 0.717) is 12.2 Å². The summed E-state index contributed by atoms with van der Waals surface area (Å²) in [6.07, 6.45) is -4.01. The Labute approximate surface area is 143 Å². The number of benzene rings is 1. The molecule has 0 bridgehead atoms. The van der Waals surface area contributed by atoms with Crippen molar-refractivity contribution in [3.05, 3.63) is 30.1 Å². The number of fused-ring (bicyclic) bond motifs is 1. The third kappa shape index (κ3) is 3.78. The second-order valence-electron chi connectivity index (χ2n) is 6.54. The van der Waals surface area contributed by atoms with Crippen LogP contribution in [0.1, 0.15) is 25.6 Å². The normalized spacial score (nSPS) is 22.3. The molecule has 2 aromatic rings. The molecule has 1 saturated heterocycles. The quantitative estimate of drug-likeness (QED) is 0.922. The van der Waals surface area contributed by atoms with Gasteiger partial charge in [0.2, 0.25) is 5.91 Å². The van der Waals surface area contributed by atoms with E-state index in [9.17, 15) is 18.0 Å². The fraction of sp³-hybridized carbons (Fsp3) is 0.529. The third-order valence-electron chi connectivity index (χ3n) is 4.69. The van der Waals surface area contributed by atoms with Gasteiger partial charge in [-0.15, -0.1) is 0 Å². The number of carbonyl (C=O) groups is 1. The Bertz CT molecular complexity index is 771. The molecule has 136 valence electrons. The summed E-state index contributed by atoms with van der Waals surface area (Å²) in [5, 5.41) is 2.74. The van der Waals surface area contributed by atoms with Gasteiger partial charge in [0.15, 0.2) is 0 Å². The van der Waals surface area contributed by atoms with Gasteiger partial charge in [-0.2, -0.15) is 13.2 Å². The van der Waals surface area contributed by atoms with Crippen LogP contribution in [0.5, 0.6) is 0 Å². The highest BCUT2D eigenvalue weighted by molar-refractivity contribution is 5.75. The number of carbonyl (C=O) groups excluding carboxylic acids is 1. The number of imidazole rings is 1. The lowest BCUT2D eigenvalue weighted by Crippen LogP contribution is -2.55. The second kappa shape index (κ2) is 6.67. The van der Waals surface area contributed by atoms with E-state index in [1.54, 1.807) is 0 Å². The number of halogens is 3. The first kappa shape index (κ1) is 17.7. The molecule has 3 rings (SSSR count). The van der Waals surface area contributed by atoms with Gasteiger partial charge in [-0.1, -0.05) is 12.1 Å². The monoisotopic (exact) mass is 354 g/mol. The molecule has 1 aromatic heterocycles. The second-order valence-corrected chi connectivity index (χ2v) is 6.54. The number of para-hydroxylation sites is 2. The van der Waals surface area contributed by atoms with Gasteiger partial charge in [0.1, 0.15) is 11.9 Å². The number of nitrogens with one attached hydrogen (secondary N) is 1. The molecule has 0 radical (unpaired) electrons. The standard InChI is InChI=1S/C17H21F3N4O/c1-11(25)21-12-7-8-15(17(18,19)20)24(9-12)10-16-22-13-5-3-4-6-14(13)23(16)2/h3-6,12,15H,7-10H2,1-2H3,(H,21,25)/t12-,15-/m0/s1. The van der Waals surface area contributed by atoms with Crippen molar-refractivity contribution in [2.45, 2.75) is 44.6 Å². The minimum Gasteiger partial charge on any atom is -0.352 e. The summed E-state index contributed by atoms with van der Waals surface area (Å²) < 4.78 is 42.1. The zero-order chi connectivity index (χ0) is 18.2. The number of piperidine rings is 1. The molecule has 1 amide bonds. The molecule has 0 spiro atoms. The first-order valence-corrected chi connectivity index (χ1v) is 8.24. The van der Waals surface area contributed by atoms with Crippen molar-refractivity contribution < 1.29 is 18.0 Å². The Balaban J connectivity index is 1.86. The van der Waals surface area contributed by atoms with Gasteiger partial charge in [0, 0.05) is 26.6 Å². The molecule has 25 heavy (non-hydrogen) atoms. The fourth-order valence-corrected chi connectivity index (χ4v) is 3.51. The number of aryl methyl sites for hydroxylation is 1. The summed E-state index contributed by atoms with van der Waals surface area (Å²) in [6, 6.07) is 5.67. The van der Waals surface area contributed by atoms with Crippen LogP contribution in [0.2, 0.25) is 0 Å². The number of aromatic nitrogens is 2. The first-order valence-electron chi connectivity index (χ1n) is 8.24. The van der Waals surface area contributed by atoms with Crippen LogP contribution >= 0.6 is 0 Å². The van der Waals surface area contributed by atoms with E-state index >= 15 is 0 Å². The van der Waals surface area contributed by atoms with Gasteiger partial charge in [-0.25, -0.2) is 4.98 Å². The van der Waals surface area contributed by atoms with Gasteiger partial charge < -0.3 is 9.88 Å². The van der Waals surface area contributed by atoms with E-state index in [2.05, 4.69) is 10.3 Å². The lowest BCUT2D eigenvalue weighted by molar-refractivity contribution is -0.194. The fourth-order valence-electron chi connectivity index (χ4n) is 3.51. The Kier molecular flexibility index (Phi) is 4.73. The number of rotatable bonds is 3. The molecule has 0 saturated carbocycles. The largest absolute Gasteiger partial charge is 0.404 e. The lowest BCUT2D eigenvalue weighted by Gasteiger charge is -2.40. The maximum absolute atomic E-state index is 13.4. The molecule has 0 aliphatic carbocycles. The molecule has 8 heteroatoms. The van der Waals surface area contributed by atoms with E-state index in [0.717, 1.165) is 11.0 Å². The minimum atomic E-state index is -4.30. The molecule has 5 nitrogen and oxygen atoms in total. The summed E-state index contributed by atoms with van der Waals surface area (Å²) in [4.78, 5) is 17.1. The van der Waals surface area contributed by atoms with Crippen molar-refractivity contribution in [3.63, 3.8) is 0 Å². The molecule has 2 atom stereocenters. The summed E-state index contributed by atoms with van der Waals surface area (Å²) in [5.74, 6) is 0.358. The Morgan fingerprint density at radius 3 is 2.68 bits per heavy atom. The van der Waals surface area contributed by atoms with E-state index in [1.165, 1.54) is 11.8 Å². The van der Waals surface area contributed by atoms with Crippen molar-refractivity contribution >= 4 is 16.9 Å². The minimum absolute atomic E-state index is 0.0294. The van der Waals surface area contributed by atoms with Crippen LogP contribution in [0.3, 0.4) is 0 Å². The number of hydrogen-bond donors (Lipinski definition) is 1. The molecular weight excluding hydrogens is 333 g/mol. The third-order valence-corrected chi connectivity index (χ3v) is 4.69. The number of amides is 1. The predicted octanol–water partition coefficient (Wildman–Crippen LogP) is 2.60. The van der Waals surface area contributed by atoms with Crippen LogP contribution in [-0.4, -0.2) is 45.2 Å². The maximum Gasteiger partial charge on any atom is 0.404 e. The van der Waals surface area contributed by atoms with Gasteiger partial charge in [-0.05, 0) is 25.0 Å². The summed E-state index contributed by atoms with van der Waals surface area (Å²) in [5.41, 5.74) is 1.65. The SMILES string of the molecule is CC(=O)N[C@H]1CC[C@@H](C(F)(F)F)N(Cc2nc3ccccc3n2C)C1. The van der Waals surface area contributed by atoms with Crippen molar-refractivity contribution in [1.82, 2.24) is 19.8 Å². The molecular formula is C17H21F3N4O. The molecule has 1 aliphatic heterocycles. The highest BCUT2D eigenvalue weighted by Gasteiger charge is 2.46. The molecule has 2 heterocycles. The first-order chi connectivity index (χ1) is 11.8. The van der Waals surface area contributed by atoms with Gasteiger partial charge in [0.25, 0.3) is 0 Å². The van der Waals surface area contributed by atoms with E-state index in [1.807, 2.05) is 35.9 Å². The zero-order valence-electron chi connectivity index (χ0n) is 14.2. The molecule has 1 N–H and O–H groups in total. The van der Waals surface area contributed by atoms with Crippen molar-refractivity contribution in [1.29, 1.82) is 0 Å². The number of alkyl halides is 3. The highest BCUT2D eigenvalue weighted by atomic mass is 19.4. The van der Waals surface area contributed by atoms with Crippen LogP contribution in [0, 0.1) is 0 Å². The average molecular weight is 354 g/mol.